The summed E-state index contributed by atoms with van der Waals surface area (Å²) in [7, 11) is 0. The predicted octanol–water partition coefficient (Wildman–Crippen LogP) is 2.30. The maximum Gasteiger partial charge on any atom is 0.310 e. The first-order valence-corrected chi connectivity index (χ1v) is 5.90. The fraction of sp³-hybridized carbons (Fsp3) is 0.357. The molecular formula is C14H19NO4. The third kappa shape index (κ3) is 9.52. The second kappa shape index (κ2) is 8.85. The SMILES string of the molecule is CC(=O)OC(C)=O.CCc1ccc(NC(C)=O)cc1. The third-order valence-electron chi connectivity index (χ3n) is 1.97. The molecule has 5 heteroatoms. The molecule has 0 fully saturated rings. The van der Waals surface area contributed by atoms with Crippen molar-refractivity contribution in [3.8, 4) is 0 Å². The Hall–Kier alpha value is -2.17. The van der Waals surface area contributed by atoms with Crippen LogP contribution in [0.4, 0.5) is 5.69 Å². The van der Waals surface area contributed by atoms with Crippen LogP contribution >= 0.6 is 0 Å². The minimum atomic E-state index is -0.562. The zero-order chi connectivity index (χ0) is 14.8. The molecule has 0 bridgehead atoms. The van der Waals surface area contributed by atoms with Gasteiger partial charge in [-0.25, -0.2) is 0 Å². The molecule has 0 radical (unpaired) electrons. The van der Waals surface area contributed by atoms with Gasteiger partial charge in [0, 0.05) is 26.5 Å². The maximum absolute atomic E-state index is 10.7. The molecule has 0 unspecified atom stereocenters. The Morgan fingerprint density at radius 2 is 1.47 bits per heavy atom. The fourth-order valence-corrected chi connectivity index (χ4v) is 1.23. The zero-order valence-corrected chi connectivity index (χ0v) is 11.6. The van der Waals surface area contributed by atoms with Gasteiger partial charge in [-0.1, -0.05) is 19.1 Å². The van der Waals surface area contributed by atoms with Crippen LogP contribution in [0.1, 0.15) is 33.3 Å². The van der Waals surface area contributed by atoms with Crippen molar-refractivity contribution in [2.75, 3.05) is 5.32 Å². The molecule has 0 aliphatic carbocycles. The van der Waals surface area contributed by atoms with E-state index in [4.69, 9.17) is 0 Å². The molecular weight excluding hydrogens is 246 g/mol. The number of carbonyl (C=O) groups is 3. The molecule has 104 valence electrons. The van der Waals surface area contributed by atoms with Crippen molar-refractivity contribution in [3.63, 3.8) is 0 Å². The molecule has 1 amide bonds. The number of hydrogen-bond donors (Lipinski definition) is 1. The van der Waals surface area contributed by atoms with Gasteiger partial charge in [0.05, 0.1) is 0 Å². The third-order valence-corrected chi connectivity index (χ3v) is 1.97. The molecule has 0 saturated heterocycles. The summed E-state index contributed by atoms with van der Waals surface area (Å²) in [6, 6.07) is 7.87. The number of carbonyl (C=O) groups excluding carboxylic acids is 3. The summed E-state index contributed by atoms with van der Waals surface area (Å²) >= 11 is 0. The number of amides is 1. The molecule has 0 aliphatic heterocycles. The number of hydrogen-bond acceptors (Lipinski definition) is 4. The van der Waals surface area contributed by atoms with Crippen LogP contribution in [0.5, 0.6) is 0 Å². The van der Waals surface area contributed by atoms with E-state index in [9.17, 15) is 14.4 Å². The van der Waals surface area contributed by atoms with Crippen LogP contribution in [-0.4, -0.2) is 17.8 Å². The Morgan fingerprint density at radius 1 is 1.00 bits per heavy atom. The van der Waals surface area contributed by atoms with Gasteiger partial charge in [-0.15, -0.1) is 0 Å². The molecule has 0 aliphatic rings. The number of esters is 2. The largest absolute Gasteiger partial charge is 0.394 e. The lowest BCUT2D eigenvalue weighted by atomic mass is 10.1. The molecule has 0 heterocycles. The van der Waals surface area contributed by atoms with Crippen LogP contribution in [0.25, 0.3) is 0 Å². The van der Waals surface area contributed by atoms with Crippen LogP contribution in [-0.2, 0) is 25.5 Å². The van der Waals surface area contributed by atoms with E-state index in [0.29, 0.717) is 0 Å². The van der Waals surface area contributed by atoms with E-state index >= 15 is 0 Å². The topological polar surface area (TPSA) is 72.5 Å². The van der Waals surface area contributed by atoms with Crippen LogP contribution in [0.15, 0.2) is 24.3 Å². The number of nitrogens with one attached hydrogen (secondary N) is 1. The molecule has 1 aromatic rings. The Balaban J connectivity index is 0.000000399. The zero-order valence-electron chi connectivity index (χ0n) is 11.6. The van der Waals surface area contributed by atoms with Crippen molar-refractivity contribution in [2.45, 2.75) is 34.1 Å². The van der Waals surface area contributed by atoms with Gasteiger partial charge >= 0.3 is 11.9 Å². The minimum Gasteiger partial charge on any atom is -0.394 e. The lowest BCUT2D eigenvalue weighted by Gasteiger charge is -2.01. The standard InChI is InChI=1S/C10H13NO.C4H6O3/c1-3-9-4-6-10(7-5-9)11-8(2)12;1-3(5)7-4(2)6/h4-7H,3H2,1-2H3,(H,11,12);1-2H3. The number of aryl methyl sites for hydroxylation is 1. The van der Waals surface area contributed by atoms with E-state index in [0.717, 1.165) is 12.1 Å². The summed E-state index contributed by atoms with van der Waals surface area (Å²) in [4.78, 5) is 30.3. The summed E-state index contributed by atoms with van der Waals surface area (Å²) in [5, 5.41) is 2.72. The molecule has 0 spiro atoms. The lowest BCUT2D eigenvalue weighted by molar-refractivity contribution is -0.156. The second-order valence-corrected chi connectivity index (χ2v) is 3.82. The smallest absolute Gasteiger partial charge is 0.310 e. The maximum atomic E-state index is 10.7. The lowest BCUT2D eigenvalue weighted by Crippen LogP contribution is -2.05. The normalized spacial score (nSPS) is 8.84. The summed E-state index contributed by atoms with van der Waals surface area (Å²) < 4.78 is 3.97. The fourth-order valence-electron chi connectivity index (χ4n) is 1.23. The van der Waals surface area contributed by atoms with E-state index in [1.807, 2.05) is 24.3 Å². The van der Waals surface area contributed by atoms with E-state index in [-0.39, 0.29) is 5.91 Å². The number of ether oxygens (including phenoxy) is 1. The molecule has 1 aromatic carbocycles. The highest BCUT2D eigenvalue weighted by Crippen LogP contribution is 2.09. The van der Waals surface area contributed by atoms with E-state index in [1.54, 1.807) is 0 Å². The molecule has 0 atom stereocenters. The monoisotopic (exact) mass is 265 g/mol. The second-order valence-electron chi connectivity index (χ2n) is 3.82. The van der Waals surface area contributed by atoms with Crippen molar-refractivity contribution in [1.82, 2.24) is 0 Å². The van der Waals surface area contributed by atoms with Crippen molar-refractivity contribution >= 4 is 23.5 Å². The van der Waals surface area contributed by atoms with Gasteiger partial charge in [-0.05, 0) is 24.1 Å². The van der Waals surface area contributed by atoms with Crippen LogP contribution < -0.4 is 5.32 Å². The number of benzene rings is 1. The Bertz CT molecular complexity index is 425. The van der Waals surface area contributed by atoms with Crippen LogP contribution in [0, 0.1) is 0 Å². The van der Waals surface area contributed by atoms with Crippen molar-refractivity contribution in [2.24, 2.45) is 0 Å². The van der Waals surface area contributed by atoms with Crippen molar-refractivity contribution in [1.29, 1.82) is 0 Å². The summed E-state index contributed by atoms with van der Waals surface area (Å²) in [6.45, 7) is 5.98. The van der Waals surface area contributed by atoms with Crippen LogP contribution in [0.3, 0.4) is 0 Å². The average molecular weight is 265 g/mol. The summed E-state index contributed by atoms with van der Waals surface area (Å²) in [5.74, 6) is -1.15. The van der Waals surface area contributed by atoms with Gasteiger partial charge in [0.25, 0.3) is 0 Å². The molecule has 0 aromatic heterocycles. The summed E-state index contributed by atoms with van der Waals surface area (Å²) in [6.07, 6.45) is 1.03. The highest BCUT2D eigenvalue weighted by atomic mass is 16.6. The highest BCUT2D eigenvalue weighted by Gasteiger charge is 1.94. The summed E-state index contributed by atoms with van der Waals surface area (Å²) in [5.41, 5.74) is 2.14. The van der Waals surface area contributed by atoms with Crippen molar-refractivity contribution in [3.05, 3.63) is 29.8 Å². The Labute approximate surface area is 113 Å². The van der Waals surface area contributed by atoms with E-state index in [2.05, 4.69) is 17.0 Å². The molecule has 0 saturated carbocycles. The average Bonchev–Trinajstić information content (AvgIpc) is 2.28. The van der Waals surface area contributed by atoms with Gasteiger partial charge < -0.3 is 10.1 Å². The van der Waals surface area contributed by atoms with Gasteiger partial charge in [-0.2, -0.15) is 0 Å². The van der Waals surface area contributed by atoms with E-state index < -0.39 is 11.9 Å². The van der Waals surface area contributed by atoms with Gasteiger partial charge in [0.1, 0.15) is 0 Å². The quantitative estimate of drug-likeness (QED) is 0.658. The highest BCUT2D eigenvalue weighted by molar-refractivity contribution is 5.88. The Morgan fingerprint density at radius 3 is 1.74 bits per heavy atom. The first-order chi connectivity index (χ1) is 8.85. The first-order valence-electron chi connectivity index (χ1n) is 5.90. The minimum absolute atomic E-state index is 0.0285. The van der Waals surface area contributed by atoms with Gasteiger partial charge in [0.2, 0.25) is 5.91 Å². The predicted molar refractivity (Wildman–Crippen MR) is 72.6 cm³/mol. The molecule has 1 rings (SSSR count). The molecule has 5 nitrogen and oxygen atoms in total. The van der Waals surface area contributed by atoms with Gasteiger partial charge in [-0.3, -0.25) is 14.4 Å². The number of anilines is 1. The van der Waals surface area contributed by atoms with Crippen molar-refractivity contribution < 1.29 is 19.1 Å². The van der Waals surface area contributed by atoms with E-state index in [1.165, 1.54) is 26.3 Å². The Kier molecular flexibility index (Phi) is 7.84. The first kappa shape index (κ1) is 16.8. The number of rotatable bonds is 2. The molecule has 1 N–H and O–H groups in total. The van der Waals surface area contributed by atoms with Gasteiger partial charge in [0.15, 0.2) is 0 Å². The molecule has 19 heavy (non-hydrogen) atoms. The van der Waals surface area contributed by atoms with Crippen LogP contribution in [0.2, 0.25) is 0 Å².